The average Bonchev–Trinajstić information content (AvgIpc) is 3.56. The molecule has 2 heterocycles. The van der Waals surface area contributed by atoms with Crippen molar-refractivity contribution in [3.05, 3.63) is 49.8 Å². The maximum absolute atomic E-state index is 12.8. The van der Waals surface area contributed by atoms with Gasteiger partial charge in [-0.1, -0.05) is 19.3 Å². The Hall–Kier alpha value is -5.50. The molecule has 1 aliphatic heterocycles. The van der Waals surface area contributed by atoms with Crippen LogP contribution in [0.15, 0.2) is 18.2 Å². The Morgan fingerprint density at radius 1 is 1.00 bits per heavy atom. The van der Waals surface area contributed by atoms with Gasteiger partial charge in [0.2, 0.25) is 5.91 Å². The van der Waals surface area contributed by atoms with E-state index in [0.717, 1.165) is 48.4 Å². The third-order valence-electron chi connectivity index (χ3n) is 7.85. The summed E-state index contributed by atoms with van der Waals surface area (Å²) < 4.78 is 18.1. The molecule has 21 heteroatoms. The molecule has 1 aromatic carbocycles. The van der Waals surface area contributed by atoms with Gasteiger partial charge in [-0.25, -0.2) is 14.3 Å². The number of hydrogen-bond donors (Lipinski definition) is 1. The quantitative estimate of drug-likeness (QED) is 0.0960. The van der Waals surface area contributed by atoms with E-state index in [-0.39, 0.29) is 18.9 Å². The van der Waals surface area contributed by atoms with Gasteiger partial charge in [0.15, 0.2) is 19.3 Å². The lowest BCUT2D eigenvalue weighted by Crippen LogP contribution is -2.43. The summed E-state index contributed by atoms with van der Waals surface area (Å²) in [4.78, 5) is 68.6. The molecule has 0 radical (unpaired) electrons. The molecular weight excluding hydrogens is 654 g/mol. The highest BCUT2D eigenvalue weighted by molar-refractivity contribution is 5.96. The Morgan fingerprint density at radius 3 is 2.55 bits per heavy atom. The topological polar surface area (TPSA) is 246 Å². The number of alkyl carbamates (subject to hydrolysis) is 1. The zero-order chi connectivity index (χ0) is 35.0. The van der Waals surface area contributed by atoms with Crippen molar-refractivity contribution in [2.75, 3.05) is 51.3 Å². The lowest BCUT2D eigenvalue weighted by atomic mass is 9.95. The van der Waals surface area contributed by atoms with Gasteiger partial charge in [-0.3, -0.25) is 14.6 Å². The van der Waals surface area contributed by atoms with Crippen molar-refractivity contribution < 1.29 is 48.4 Å². The number of unbranched alkanes of at least 4 members (excludes halogenated alkanes) is 1. The molecule has 1 N–H and O–H groups in total. The Bertz CT molecular complexity index is 1440. The van der Waals surface area contributed by atoms with Crippen LogP contribution in [0.25, 0.3) is 0 Å². The van der Waals surface area contributed by atoms with E-state index >= 15 is 0 Å². The van der Waals surface area contributed by atoms with E-state index in [1.807, 2.05) is 10.7 Å². The molecule has 1 fully saturated rings. The first kappa shape index (κ1) is 36.3. The van der Waals surface area contributed by atoms with E-state index in [9.17, 15) is 34.6 Å². The summed E-state index contributed by atoms with van der Waals surface area (Å²) in [5.41, 5.74) is 1.35. The highest BCUT2D eigenvalue weighted by Gasteiger charge is 2.27. The number of tetrazole rings is 1. The van der Waals surface area contributed by atoms with Gasteiger partial charge in [0, 0.05) is 19.4 Å². The third-order valence-corrected chi connectivity index (χ3v) is 7.85. The van der Waals surface area contributed by atoms with Crippen molar-refractivity contribution in [2.45, 2.75) is 70.3 Å². The monoisotopic (exact) mass is 693 g/mol. The predicted molar refractivity (Wildman–Crippen MR) is 164 cm³/mol. The van der Waals surface area contributed by atoms with Gasteiger partial charge in [0.05, 0.1) is 24.9 Å². The van der Waals surface area contributed by atoms with Gasteiger partial charge < -0.3 is 29.2 Å². The van der Waals surface area contributed by atoms with Crippen molar-refractivity contribution >= 4 is 23.8 Å². The summed E-state index contributed by atoms with van der Waals surface area (Å²) in [5.74, 6) is 1.24. The number of benzene rings is 1. The van der Waals surface area contributed by atoms with Crippen molar-refractivity contribution in [1.82, 2.24) is 30.4 Å². The number of aryl methyl sites for hydroxylation is 2. The number of amides is 3. The molecule has 21 nitrogen and oxygen atoms in total. The number of carbonyl (C=O) groups excluding carboxylic acids is 3. The number of carbonyl (C=O) groups is 3. The normalized spacial score (nSPS) is 14.4. The van der Waals surface area contributed by atoms with E-state index < -0.39 is 55.6 Å². The highest BCUT2D eigenvalue weighted by Crippen LogP contribution is 2.31. The van der Waals surface area contributed by atoms with Crippen molar-refractivity contribution in [3.63, 3.8) is 0 Å². The van der Waals surface area contributed by atoms with E-state index in [1.165, 1.54) is 24.2 Å². The summed E-state index contributed by atoms with van der Waals surface area (Å²) in [6, 6.07) is 5.64. The molecule has 1 aromatic heterocycles. The zero-order valence-electron chi connectivity index (χ0n) is 26.8. The average molecular weight is 694 g/mol. The summed E-state index contributed by atoms with van der Waals surface area (Å²) in [6.07, 6.45) is 6.80. The van der Waals surface area contributed by atoms with Crippen LogP contribution in [0.3, 0.4) is 0 Å². The fraction of sp³-hybridized carbons (Fsp3) is 0.643. The number of anilines is 1. The molecule has 2 aliphatic rings. The maximum atomic E-state index is 12.8. The number of ether oxygens (including phenoxy) is 3. The van der Waals surface area contributed by atoms with E-state index in [4.69, 9.17) is 14.2 Å². The smallest absolute Gasteiger partial charge is 0.414 e. The first-order valence-electron chi connectivity index (χ1n) is 15.9. The molecular formula is C28H39N9O12. The Labute approximate surface area is 279 Å². The van der Waals surface area contributed by atoms with E-state index in [0.29, 0.717) is 30.5 Å². The number of aromatic nitrogens is 4. The molecule has 0 bridgehead atoms. The fourth-order valence-electron chi connectivity index (χ4n) is 5.43. The Balaban J connectivity index is 1.24. The van der Waals surface area contributed by atoms with Crippen LogP contribution < -0.4 is 15.0 Å². The highest BCUT2D eigenvalue weighted by atomic mass is 17.0. The second-order valence-corrected chi connectivity index (χ2v) is 11.2. The first-order valence-corrected chi connectivity index (χ1v) is 15.9. The number of nitrogens with zero attached hydrogens (tertiary/aromatic N) is 8. The van der Waals surface area contributed by atoms with Gasteiger partial charge in [0.25, 0.3) is 10.2 Å². The van der Waals surface area contributed by atoms with E-state index in [1.54, 1.807) is 12.1 Å². The van der Waals surface area contributed by atoms with Crippen LogP contribution in [0.5, 0.6) is 5.75 Å². The first-order chi connectivity index (χ1) is 23.7. The summed E-state index contributed by atoms with van der Waals surface area (Å²) in [6.45, 7) is -2.37. The molecule has 0 saturated heterocycles. The lowest BCUT2D eigenvalue weighted by molar-refractivity contribution is -0.757. The van der Waals surface area contributed by atoms with Crippen molar-refractivity contribution in [2.24, 2.45) is 0 Å². The summed E-state index contributed by atoms with van der Waals surface area (Å²) in [7, 11) is 0. The standard InChI is InChI=1S/C28H39N9O12/c38-26-12-9-21-18-23(45-15-5-4-8-25-30-31-32-35(25)22-6-2-1-3-7-22)10-11-24(21)34(26)20-47-28(40)33(14-17-49-37(43)44)19-46-27(39)29-13-16-48-36(41)42/h10-11,18,22H,1-9,12-17,19-20H2,(H,29,39). The number of nitrogens with one attached hydrogen (secondary N) is 1. The molecule has 1 aliphatic carbocycles. The molecule has 268 valence electrons. The van der Waals surface area contributed by atoms with Crippen LogP contribution in [0.4, 0.5) is 15.3 Å². The van der Waals surface area contributed by atoms with Crippen LogP contribution >= 0.6 is 0 Å². The van der Waals surface area contributed by atoms with Crippen LogP contribution in [-0.4, -0.2) is 99.7 Å². The third kappa shape index (κ3) is 11.6. The van der Waals surface area contributed by atoms with Crippen molar-refractivity contribution in [3.8, 4) is 5.75 Å². The minimum absolute atomic E-state index is 0.160. The Kier molecular flexibility index (Phi) is 13.9. The van der Waals surface area contributed by atoms with Gasteiger partial charge in [-0.2, -0.15) is 0 Å². The van der Waals surface area contributed by atoms with E-state index in [2.05, 4.69) is 30.5 Å². The SMILES string of the molecule is O=C(NCCO[N+](=O)[O-])OCN(CCO[N+](=O)[O-])C(=O)OCN1C(=O)CCc2cc(OCCCCc3nnnn3C3CCCCC3)ccc21. The van der Waals surface area contributed by atoms with Gasteiger partial charge in [-0.05, 0) is 66.3 Å². The second-order valence-electron chi connectivity index (χ2n) is 11.2. The zero-order valence-corrected chi connectivity index (χ0v) is 26.8. The molecule has 3 amide bonds. The second kappa shape index (κ2) is 18.7. The van der Waals surface area contributed by atoms with Crippen LogP contribution in [0.2, 0.25) is 0 Å². The molecule has 0 unspecified atom stereocenters. The minimum atomic E-state index is -1.06. The molecule has 0 atom stereocenters. The fourth-order valence-corrected chi connectivity index (χ4v) is 5.43. The van der Waals surface area contributed by atoms with Crippen molar-refractivity contribution in [1.29, 1.82) is 0 Å². The molecule has 0 spiro atoms. The van der Waals surface area contributed by atoms with Gasteiger partial charge >= 0.3 is 12.2 Å². The number of fused-ring (bicyclic) bond motifs is 1. The lowest BCUT2D eigenvalue weighted by Gasteiger charge is -2.30. The summed E-state index contributed by atoms with van der Waals surface area (Å²) in [5, 5.41) is 33.1. The number of hydrogen-bond acceptors (Lipinski definition) is 15. The summed E-state index contributed by atoms with van der Waals surface area (Å²) >= 11 is 0. The molecule has 1 saturated carbocycles. The number of rotatable bonds is 19. The molecule has 4 rings (SSSR count). The van der Waals surface area contributed by atoms with Crippen LogP contribution in [0, 0.1) is 20.2 Å². The molecule has 2 aromatic rings. The Morgan fingerprint density at radius 2 is 1.78 bits per heavy atom. The van der Waals surface area contributed by atoms with Gasteiger partial charge in [-0.15, -0.1) is 25.3 Å². The predicted octanol–water partition coefficient (Wildman–Crippen LogP) is 2.36. The maximum Gasteiger partial charge on any atom is 0.414 e. The van der Waals surface area contributed by atoms with Crippen LogP contribution in [0.1, 0.15) is 68.8 Å². The molecule has 49 heavy (non-hydrogen) atoms. The largest absolute Gasteiger partial charge is 0.494 e. The van der Waals surface area contributed by atoms with Crippen LogP contribution in [-0.2, 0) is 36.8 Å². The van der Waals surface area contributed by atoms with Gasteiger partial charge in [0.1, 0.15) is 19.0 Å². The minimum Gasteiger partial charge on any atom is -0.494 e.